The third-order valence-electron chi connectivity index (χ3n) is 16.4. The highest BCUT2D eigenvalue weighted by Crippen LogP contribution is 2.54. The fourth-order valence-corrected chi connectivity index (χ4v) is 12.0. The first-order chi connectivity index (χ1) is 29.2. The lowest BCUT2D eigenvalue weighted by molar-refractivity contribution is 0.332. The van der Waals surface area contributed by atoms with Crippen LogP contribution in [0.5, 0.6) is 0 Å². The summed E-state index contributed by atoms with van der Waals surface area (Å²) in [5.41, 5.74) is 24.9. The molecule has 63 heavy (non-hydrogen) atoms. The van der Waals surface area contributed by atoms with Crippen LogP contribution >= 0.6 is 0 Å². The molecule has 3 heterocycles. The molecule has 0 radical (unpaired) electrons. The van der Waals surface area contributed by atoms with E-state index in [0.717, 1.165) is 17.7 Å². The molecule has 0 spiro atoms. The Balaban J connectivity index is 1.35. The van der Waals surface area contributed by atoms with Crippen LogP contribution in [0, 0.1) is 20.8 Å². The first kappa shape index (κ1) is 42.3. The van der Waals surface area contributed by atoms with Gasteiger partial charge < -0.3 is 14.2 Å². The molecule has 0 saturated carbocycles. The van der Waals surface area contributed by atoms with Gasteiger partial charge in [-0.2, -0.15) is 0 Å². The van der Waals surface area contributed by atoms with Crippen molar-refractivity contribution in [2.45, 2.75) is 176 Å². The molecule has 6 aromatic rings. The van der Waals surface area contributed by atoms with E-state index >= 15 is 0 Å². The van der Waals surface area contributed by atoms with Crippen LogP contribution in [0.4, 0.5) is 34.1 Å². The topological polar surface area (TPSA) is 19.6 Å². The number of nitrogens with zero attached hydrogens (tertiary/aromatic N) is 2. The third-order valence-corrected chi connectivity index (χ3v) is 16.4. The SMILES string of the molecule is Cc1cc2c3c(c1)N(c1cc4c(cc1C)C(C)(C)CCC4(C)C)c1c(oc4cc5c(cc14)C(C)(C)CCC5(C)C)B3c1cc(C(C)(C)C)ccc1N2c1ccc(C(C)(C)C)cc1C. The number of hydrogen-bond acceptors (Lipinski definition) is 3. The van der Waals surface area contributed by atoms with Crippen LogP contribution in [-0.2, 0) is 32.5 Å². The van der Waals surface area contributed by atoms with Crippen molar-refractivity contribution in [2.75, 3.05) is 9.80 Å². The highest BCUT2D eigenvalue weighted by molar-refractivity contribution is 7.00. The Morgan fingerprint density at radius 1 is 0.492 bits per heavy atom. The van der Waals surface area contributed by atoms with E-state index in [-0.39, 0.29) is 39.2 Å². The predicted octanol–water partition coefficient (Wildman–Crippen LogP) is 14.7. The van der Waals surface area contributed by atoms with Crippen molar-refractivity contribution < 1.29 is 4.42 Å². The van der Waals surface area contributed by atoms with Gasteiger partial charge in [-0.3, -0.25) is 0 Å². The maximum absolute atomic E-state index is 7.62. The first-order valence-corrected chi connectivity index (χ1v) is 24.0. The number of fused-ring (bicyclic) bond motifs is 8. The molecule has 326 valence electrons. The summed E-state index contributed by atoms with van der Waals surface area (Å²) in [4.78, 5) is 5.25. The smallest absolute Gasteiger partial charge is 0.297 e. The minimum atomic E-state index is -0.0942. The van der Waals surface area contributed by atoms with E-state index in [9.17, 15) is 0 Å². The summed E-state index contributed by atoms with van der Waals surface area (Å²) in [7, 11) is 0. The molecule has 1 aromatic heterocycles. The molecular formula is C59H71BN2O. The molecule has 4 aliphatic rings. The zero-order chi connectivity index (χ0) is 45.3. The largest absolute Gasteiger partial charge is 0.468 e. The Bertz CT molecular complexity index is 2920. The van der Waals surface area contributed by atoms with E-state index in [0.29, 0.717) is 0 Å². The molecule has 2 aliphatic carbocycles. The van der Waals surface area contributed by atoms with Gasteiger partial charge in [-0.05, 0) is 182 Å². The summed E-state index contributed by atoms with van der Waals surface area (Å²) in [5.74, 6) is 0. The minimum absolute atomic E-state index is 0.0328. The maximum atomic E-state index is 7.62. The van der Waals surface area contributed by atoms with Gasteiger partial charge in [-0.1, -0.05) is 127 Å². The average molecular weight is 835 g/mol. The van der Waals surface area contributed by atoms with E-state index in [1.807, 2.05) is 0 Å². The van der Waals surface area contributed by atoms with E-state index in [2.05, 4.69) is 200 Å². The van der Waals surface area contributed by atoms with Crippen LogP contribution in [0.1, 0.15) is 173 Å². The van der Waals surface area contributed by atoms with Gasteiger partial charge in [0.15, 0.2) is 0 Å². The zero-order valence-corrected chi connectivity index (χ0v) is 41.6. The monoisotopic (exact) mass is 835 g/mol. The number of hydrogen-bond donors (Lipinski definition) is 0. The molecule has 4 heteroatoms. The van der Waals surface area contributed by atoms with Gasteiger partial charge in [0, 0.05) is 33.8 Å². The Labute approximate surface area is 379 Å². The van der Waals surface area contributed by atoms with E-state index in [1.54, 1.807) is 0 Å². The molecule has 0 saturated heterocycles. The van der Waals surface area contributed by atoms with Crippen LogP contribution in [0.3, 0.4) is 0 Å². The molecule has 0 N–H and O–H groups in total. The van der Waals surface area contributed by atoms with E-state index < -0.39 is 0 Å². The van der Waals surface area contributed by atoms with Gasteiger partial charge >= 0.3 is 0 Å². The lowest BCUT2D eigenvalue weighted by Gasteiger charge is -2.45. The Kier molecular flexibility index (Phi) is 8.86. The Hall–Kier alpha value is -4.70. The second-order valence-corrected chi connectivity index (χ2v) is 25.0. The minimum Gasteiger partial charge on any atom is -0.468 e. The second kappa shape index (κ2) is 13.2. The quantitative estimate of drug-likeness (QED) is 0.162. The zero-order valence-electron chi connectivity index (χ0n) is 41.6. The fourth-order valence-electron chi connectivity index (χ4n) is 12.0. The lowest BCUT2D eigenvalue weighted by atomic mass is 9.35. The highest BCUT2D eigenvalue weighted by atomic mass is 16.3. The predicted molar refractivity (Wildman–Crippen MR) is 272 cm³/mol. The van der Waals surface area contributed by atoms with E-state index in [1.165, 1.54) is 120 Å². The van der Waals surface area contributed by atoms with Crippen LogP contribution < -0.4 is 26.4 Å². The Morgan fingerprint density at radius 3 is 1.52 bits per heavy atom. The van der Waals surface area contributed by atoms with Gasteiger partial charge in [0.25, 0.3) is 6.71 Å². The average Bonchev–Trinajstić information content (AvgIpc) is 3.55. The molecule has 0 unspecified atom stereocenters. The van der Waals surface area contributed by atoms with Gasteiger partial charge in [0.05, 0.1) is 11.3 Å². The summed E-state index contributed by atoms with van der Waals surface area (Å²) >= 11 is 0. The van der Waals surface area contributed by atoms with Gasteiger partial charge in [-0.25, -0.2) is 0 Å². The van der Waals surface area contributed by atoms with Crippen LogP contribution in [0.15, 0.2) is 77.2 Å². The molecule has 3 nitrogen and oxygen atoms in total. The number of aryl methyl sites for hydroxylation is 3. The first-order valence-electron chi connectivity index (χ1n) is 24.0. The summed E-state index contributed by atoms with van der Waals surface area (Å²) in [6, 6.07) is 29.5. The molecule has 10 rings (SSSR count). The van der Waals surface area contributed by atoms with Crippen LogP contribution in [-0.4, -0.2) is 6.71 Å². The van der Waals surface area contributed by atoms with Gasteiger partial charge in [0.1, 0.15) is 5.58 Å². The van der Waals surface area contributed by atoms with Crippen molar-refractivity contribution >= 4 is 68.4 Å². The summed E-state index contributed by atoms with van der Waals surface area (Å²) in [6.45, 7) is 40.4. The van der Waals surface area contributed by atoms with Crippen molar-refractivity contribution in [1.29, 1.82) is 0 Å². The number of furan rings is 1. The van der Waals surface area contributed by atoms with Crippen molar-refractivity contribution in [2.24, 2.45) is 0 Å². The molecular weight excluding hydrogens is 763 g/mol. The summed E-state index contributed by atoms with van der Waals surface area (Å²) in [5, 5.41) is 1.23. The van der Waals surface area contributed by atoms with Crippen molar-refractivity contribution in [1.82, 2.24) is 0 Å². The number of anilines is 6. The summed E-state index contributed by atoms with van der Waals surface area (Å²) < 4.78 is 7.62. The lowest BCUT2D eigenvalue weighted by Crippen LogP contribution is -2.61. The second-order valence-electron chi connectivity index (χ2n) is 25.0. The van der Waals surface area contributed by atoms with Crippen LogP contribution in [0.25, 0.3) is 11.0 Å². The van der Waals surface area contributed by atoms with Crippen molar-refractivity contribution in [3.05, 3.63) is 123 Å². The van der Waals surface area contributed by atoms with Gasteiger partial charge in [0.2, 0.25) is 0 Å². The summed E-state index contributed by atoms with van der Waals surface area (Å²) in [6.07, 6.45) is 4.69. The molecule has 2 aliphatic heterocycles. The normalized spacial score (nSPS) is 19.0. The molecule has 0 atom stereocenters. The van der Waals surface area contributed by atoms with E-state index in [4.69, 9.17) is 4.42 Å². The number of benzene rings is 5. The molecule has 0 bridgehead atoms. The molecule has 0 fully saturated rings. The standard InChI is InChI=1S/C59H71BN2O/c1-34-26-48-51-49(27-34)62(47-32-42-40(29-36(47)3)56(10,11)22-24-58(42,14)15)52-39-31-41-43(59(16,17)25-23-57(41,12)13)33-50(39)63-53(52)60(51)44-30-38(55(7,8)9)19-21-46(44)61(48)45-20-18-37(28-35(45)2)54(4,5)6/h18-21,26-33H,22-25H2,1-17H3. The van der Waals surface area contributed by atoms with Gasteiger partial charge in [-0.15, -0.1) is 0 Å². The third kappa shape index (κ3) is 6.26. The Morgan fingerprint density at radius 2 is 0.968 bits per heavy atom. The highest BCUT2D eigenvalue weighted by Gasteiger charge is 2.49. The van der Waals surface area contributed by atoms with Crippen molar-refractivity contribution in [3.63, 3.8) is 0 Å². The fraction of sp³-hybridized carbons (Fsp3) is 0.458. The van der Waals surface area contributed by atoms with Crippen LogP contribution in [0.2, 0.25) is 0 Å². The molecule has 0 amide bonds. The van der Waals surface area contributed by atoms with Crippen molar-refractivity contribution in [3.8, 4) is 0 Å². The molecule has 5 aromatic carbocycles. The number of rotatable bonds is 2. The maximum Gasteiger partial charge on any atom is 0.297 e.